The summed E-state index contributed by atoms with van der Waals surface area (Å²) in [6.07, 6.45) is 0. The van der Waals surface area contributed by atoms with Gasteiger partial charge in [-0.25, -0.2) is 4.79 Å². The number of benzene rings is 1. The number of hydrogen-bond acceptors (Lipinski definition) is 4. The van der Waals surface area contributed by atoms with Gasteiger partial charge in [0.15, 0.2) is 5.75 Å². The average Bonchev–Trinajstić information content (AvgIpc) is 2.14. The molecule has 2 N–H and O–H groups in total. The minimum absolute atomic E-state index is 0.0709. The Morgan fingerprint density at radius 3 is 2.35 bits per heavy atom. The van der Waals surface area contributed by atoms with Crippen molar-refractivity contribution in [1.29, 1.82) is 0 Å². The summed E-state index contributed by atoms with van der Waals surface area (Å²) in [5.41, 5.74) is 0.376. The van der Waals surface area contributed by atoms with E-state index in [9.17, 15) is 13.2 Å². The van der Waals surface area contributed by atoms with Crippen LogP contribution in [-0.4, -0.2) is 24.0 Å². The van der Waals surface area contributed by atoms with Crippen LogP contribution in [0.4, 0.5) is 0 Å². The number of carboxylic acids is 1. The van der Waals surface area contributed by atoms with E-state index < -0.39 is 22.1 Å². The van der Waals surface area contributed by atoms with Crippen LogP contribution in [0.15, 0.2) is 18.2 Å². The fourth-order valence-electron chi connectivity index (χ4n) is 1.26. The van der Waals surface area contributed by atoms with E-state index in [0.29, 0.717) is 5.56 Å². The first-order chi connectivity index (χ1) is 7.70. The van der Waals surface area contributed by atoms with E-state index in [2.05, 4.69) is 4.18 Å². The molecule has 0 bridgehead atoms. The third kappa shape index (κ3) is 3.72. The second-order valence-corrected chi connectivity index (χ2v) is 4.75. The van der Waals surface area contributed by atoms with Crippen molar-refractivity contribution < 1.29 is 27.1 Å². The normalized spacial score (nSPS) is 11.5. The van der Waals surface area contributed by atoms with Crippen molar-refractivity contribution in [2.24, 2.45) is 0 Å². The highest BCUT2D eigenvalue weighted by molar-refractivity contribution is 7.81. The molecule has 0 radical (unpaired) electrons. The lowest BCUT2D eigenvalue weighted by molar-refractivity contribution is 0.0695. The summed E-state index contributed by atoms with van der Waals surface area (Å²) in [6, 6.07) is 4.07. The van der Waals surface area contributed by atoms with E-state index in [1.165, 1.54) is 12.1 Å². The number of hydrogen-bond donors (Lipinski definition) is 2. The molecule has 0 aliphatic heterocycles. The van der Waals surface area contributed by atoms with Crippen LogP contribution in [0.1, 0.15) is 35.7 Å². The average molecular weight is 260 g/mol. The maximum Gasteiger partial charge on any atom is 0.446 e. The van der Waals surface area contributed by atoms with Crippen LogP contribution in [0.3, 0.4) is 0 Å². The van der Waals surface area contributed by atoms with Gasteiger partial charge in [0, 0.05) is 0 Å². The Labute approximate surface area is 98.8 Å². The summed E-state index contributed by atoms with van der Waals surface area (Å²) in [6.45, 7) is 3.71. The third-order valence-corrected chi connectivity index (χ3v) is 2.49. The summed E-state index contributed by atoms with van der Waals surface area (Å²) >= 11 is 0. The van der Waals surface area contributed by atoms with Gasteiger partial charge in [0.05, 0.1) is 0 Å². The summed E-state index contributed by atoms with van der Waals surface area (Å²) in [5, 5.41) is 8.84. The first-order valence-corrected chi connectivity index (χ1v) is 6.11. The zero-order chi connectivity index (χ0) is 13.2. The molecule has 17 heavy (non-hydrogen) atoms. The van der Waals surface area contributed by atoms with Crippen molar-refractivity contribution in [3.8, 4) is 5.75 Å². The molecule has 0 saturated carbocycles. The fraction of sp³-hybridized carbons (Fsp3) is 0.300. The van der Waals surface area contributed by atoms with Gasteiger partial charge >= 0.3 is 16.4 Å². The lowest BCUT2D eigenvalue weighted by atomic mass is 10.0. The Bertz CT molecular complexity index is 532. The van der Waals surface area contributed by atoms with Crippen molar-refractivity contribution in [3.63, 3.8) is 0 Å². The third-order valence-electron chi connectivity index (χ3n) is 2.10. The van der Waals surface area contributed by atoms with Crippen molar-refractivity contribution in [2.45, 2.75) is 19.8 Å². The quantitative estimate of drug-likeness (QED) is 0.799. The molecule has 1 rings (SSSR count). The van der Waals surface area contributed by atoms with E-state index in [1.807, 2.05) is 13.8 Å². The predicted molar refractivity (Wildman–Crippen MR) is 59.7 cm³/mol. The lowest BCUT2D eigenvalue weighted by Crippen LogP contribution is -2.11. The van der Waals surface area contributed by atoms with Crippen LogP contribution < -0.4 is 4.18 Å². The van der Waals surface area contributed by atoms with Crippen molar-refractivity contribution in [2.75, 3.05) is 0 Å². The van der Waals surface area contributed by atoms with Crippen LogP contribution in [0.5, 0.6) is 5.75 Å². The summed E-state index contributed by atoms with van der Waals surface area (Å²) in [4.78, 5) is 10.8. The van der Waals surface area contributed by atoms with Crippen LogP contribution in [-0.2, 0) is 10.4 Å². The molecule has 0 saturated heterocycles. The van der Waals surface area contributed by atoms with Crippen LogP contribution in [0.25, 0.3) is 0 Å². The number of aromatic carboxylic acids is 1. The number of carboxylic acid groups (broad SMARTS) is 1. The second kappa shape index (κ2) is 4.72. The molecule has 0 amide bonds. The van der Waals surface area contributed by atoms with Gasteiger partial charge in [0.25, 0.3) is 0 Å². The molecule has 0 unspecified atom stereocenters. The maximum absolute atomic E-state index is 10.8. The van der Waals surface area contributed by atoms with E-state index in [-0.39, 0.29) is 11.5 Å². The van der Waals surface area contributed by atoms with Crippen molar-refractivity contribution in [3.05, 3.63) is 29.3 Å². The zero-order valence-electron chi connectivity index (χ0n) is 9.25. The number of carbonyl (C=O) groups is 1. The highest BCUT2D eigenvalue weighted by atomic mass is 32.3. The standard InChI is InChI=1S/C10H12O6S/c1-6(2)7-3-4-8(10(11)12)9(5-7)16-17(13,14)15/h3-6H,1-2H3,(H,11,12)(H,13,14,15). The largest absolute Gasteiger partial charge is 0.478 e. The van der Waals surface area contributed by atoms with Crippen molar-refractivity contribution in [1.82, 2.24) is 0 Å². The monoisotopic (exact) mass is 260 g/mol. The van der Waals surface area contributed by atoms with Crippen LogP contribution >= 0.6 is 0 Å². The molecular weight excluding hydrogens is 248 g/mol. The van der Waals surface area contributed by atoms with Gasteiger partial charge in [-0.3, -0.25) is 4.55 Å². The van der Waals surface area contributed by atoms with Crippen LogP contribution in [0.2, 0.25) is 0 Å². The van der Waals surface area contributed by atoms with Gasteiger partial charge in [-0.15, -0.1) is 0 Å². The SMILES string of the molecule is CC(C)c1ccc(C(=O)O)c(OS(=O)(=O)O)c1. The molecule has 0 aromatic heterocycles. The molecule has 0 heterocycles. The smallest absolute Gasteiger partial charge is 0.446 e. The molecule has 0 atom stereocenters. The molecule has 0 spiro atoms. The number of rotatable bonds is 4. The van der Waals surface area contributed by atoms with E-state index >= 15 is 0 Å². The van der Waals surface area contributed by atoms with E-state index in [1.54, 1.807) is 6.07 Å². The molecule has 94 valence electrons. The minimum atomic E-state index is -4.74. The van der Waals surface area contributed by atoms with Gasteiger partial charge in [-0.05, 0) is 23.6 Å². The molecule has 0 aliphatic carbocycles. The predicted octanol–water partition coefficient (Wildman–Crippen LogP) is 1.69. The Balaban J connectivity index is 3.30. The van der Waals surface area contributed by atoms with Gasteiger partial charge in [0.2, 0.25) is 0 Å². The van der Waals surface area contributed by atoms with Gasteiger partial charge in [0.1, 0.15) is 5.56 Å². The molecule has 0 aliphatic rings. The summed E-state index contributed by atoms with van der Waals surface area (Å²) in [5.74, 6) is -1.66. The van der Waals surface area contributed by atoms with Crippen LogP contribution in [0, 0.1) is 0 Å². The molecular formula is C10H12O6S. The first kappa shape index (κ1) is 13.5. The van der Waals surface area contributed by atoms with E-state index in [0.717, 1.165) is 0 Å². The first-order valence-electron chi connectivity index (χ1n) is 4.75. The second-order valence-electron chi connectivity index (χ2n) is 3.73. The Morgan fingerprint density at radius 2 is 1.94 bits per heavy atom. The van der Waals surface area contributed by atoms with Gasteiger partial charge in [-0.2, -0.15) is 8.42 Å². The summed E-state index contributed by atoms with van der Waals surface area (Å²) < 4.78 is 34.0. The molecule has 1 aromatic rings. The Hall–Kier alpha value is -1.60. The topological polar surface area (TPSA) is 101 Å². The maximum atomic E-state index is 10.8. The lowest BCUT2D eigenvalue weighted by Gasteiger charge is -2.10. The Morgan fingerprint density at radius 1 is 1.35 bits per heavy atom. The molecule has 1 aromatic carbocycles. The molecule has 0 fully saturated rings. The van der Waals surface area contributed by atoms with E-state index in [4.69, 9.17) is 9.66 Å². The highest BCUT2D eigenvalue weighted by Crippen LogP contribution is 2.25. The molecule has 6 nitrogen and oxygen atoms in total. The van der Waals surface area contributed by atoms with Gasteiger partial charge in [-0.1, -0.05) is 19.9 Å². The summed E-state index contributed by atoms with van der Waals surface area (Å²) in [7, 11) is -4.74. The highest BCUT2D eigenvalue weighted by Gasteiger charge is 2.17. The molecule has 7 heteroatoms. The fourth-order valence-corrected chi connectivity index (χ4v) is 1.62. The minimum Gasteiger partial charge on any atom is -0.478 e. The zero-order valence-corrected chi connectivity index (χ0v) is 10.1. The van der Waals surface area contributed by atoms with Crippen molar-refractivity contribution >= 4 is 16.4 Å². The van der Waals surface area contributed by atoms with Gasteiger partial charge < -0.3 is 9.29 Å². The Kier molecular flexibility index (Phi) is 3.74.